The van der Waals surface area contributed by atoms with E-state index in [1.54, 1.807) is 43.3 Å². The molecule has 2 aromatic carbocycles. The zero-order chi connectivity index (χ0) is 26.2. The molecule has 8 nitrogen and oxygen atoms in total. The second-order valence-corrected chi connectivity index (χ2v) is 10.8. The summed E-state index contributed by atoms with van der Waals surface area (Å²) in [6.07, 6.45) is 2.72. The minimum atomic E-state index is -3.84. The van der Waals surface area contributed by atoms with Gasteiger partial charge in [0.1, 0.15) is 18.3 Å². The molecule has 0 saturated heterocycles. The Kier molecular flexibility index (Phi) is 10.7. The Bertz CT molecular complexity index is 1140. The number of anilines is 1. The Morgan fingerprint density at radius 2 is 1.86 bits per heavy atom. The summed E-state index contributed by atoms with van der Waals surface area (Å²) in [6, 6.07) is 10.4. The van der Waals surface area contributed by atoms with Gasteiger partial charge in [0.25, 0.3) is 0 Å². The quantitative estimate of drug-likeness (QED) is 0.406. The van der Waals surface area contributed by atoms with Crippen LogP contribution in [0.3, 0.4) is 0 Å². The molecule has 2 aromatic rings. The van der Waals surface area contributed by atoms with Crippen molar-refractivity contribution in [3.8, 4) is 5.75 Å². The van der Waals surface area contributed by atoms with Crippen LogP contribution in [-0.4, -0.2) is 57.6 Å². The van der Waals surface area contributed by atoms with Crippen molar-refractivity contribution in [2.24, 2.45) is 0 Å². The number of amides is 2. The molecule has 2 amide bonds. The third-order valence-electron chi connectivity index (χ3n) is 5.37. The molecule has 0 saturated carbocycles. The zero-order valence-electron chi connectivity index (χ0n) is 20.3. The van der Waals surface area contributed by atoms with Crippen molar-refractivity contribution in [2.75, 3.05) is 30.8 Å². The Labute approximate surface area is 217 Å². The van der Waals surface area contributed by atoms with E-state index in [0.29, 0.717) is 27.9 Å². The molecule has 0 heterocycles. The van der Waals surface area contributed by atoms with Gasteiger partial charge in [-0.3, -0.25) is 13.9 Å². The molecular weight excluding hydrogens is 513 g/mol. The van der Waals surface area contributed by atoms with Crippen molar-refractivity contribution in [3.05, 3.63) is 58.1 Å². The fourth-order valence-electron chi connectivity index (χ4n) is 3.33. The highest BCUT2D eigenvalue weighted by Gasteiger charge is 2.30. The Morgan fingerprint density at radius 1 is 1.14 bits per heavy atom. The van der Waals surface area contributed by atoms with E-state index in [1.807, 2.05) is 6.92 Å². The maximum Gasteiger partial charge on any atom is 0.244 e. The number of methoxy groups -OCH3 is 1. The van der Waals surface area contributed by atoms with E-state index >= 15 is 0 Å². The van der Waals surface area contributed by atoms with Crippen molar-refractivity contribution >= 4 is 50.7 Å². The van der Waals surface area contributed by atoms with Crippen LogP contribution in [0.1, 0.15) is 32.3 Å². The molecule has 1 atom stereocenters. The minimum absolute atomic E-state index is 0.00703. The molecule has 0 spiro atoms. The number of nitrogens with zero attached hydrogens (tertiary/aromatic N) is 2. The average molecular weight is 545 g/mol. The molecule has 0 fully saturated rings. The molecule has 0 aliphatic rings. The Morgan fingerprint density at radius 3 is 2.46 bits per heavy atom. The van der Waals surface area contributed by atoms with E-state index in [4.69, 9.17) is 27.9 Å². The van der Waals surface area contributed by atoms with E-state index in [-0.39, 0.29) is 18.1 Å². The molecule has 0 bridgehead atoms. The van der Waals surface area contributed by atoms with Crippen LogP contribution < -0.4 is 14.4 Å². The van der Waals surface area contributed by atoms with Crippen molar-refractivity contribution in [3.63, 3.8) is 0 Å². The third-order valence-corrected chi connectivity index (χ3v) is 7.10. The fraction of sp³-hybridized carbons (Fsp3) is 0.417. The van der Waals surface area contributed by atoms with Crippen molar-refractivity contribution < 1.29 is 22.7 Å². The van der Waals surface area contributed by atoms with E-state index in [2.05, 4.69) is 5.32 Å². The molecule has 1 N–H and O–H groups in total. The summed E-state index contributed by atoms with van der Waals surface area (Å²) in [5.41, 5.74) is 0.842. The molecule has 192 valence electrons. The summed E-state index contributed by atoms with van der Waals surface area (Å²) in [5, 5.41) is 3.59. The van der Waals surface area contributed by atoms with Gasteiger partial charge in [0.05, 0.1) is 19.1 Å². The van der Waals surface area contributed by atoms with Crippen molar-refractivity contribution in [2.45, 2.75) is 39.3 Å². The normalized spacial score (nSPS) is 12.1. The average Bonchev–Trinajstić information content (AvgIpc) is 2.80. The summed E-state index contributed by atoms with van der Waals surface area (Å²) in [4.78, 5) is 27.7. The van der Waals surface area contributed by atoms with E-state index in [0.717, 1.165) is 23.4 Å². The number of sulfonamides is 1. The first kappa shape index (κ1) is 28.7. The lowest BCUT2D eigenvalue weighted by Crippen LogP contribution is -2.51. The van der Waals surface area contributed by atoms with E-state index in [1.165, 1.54) is 18.1 Å². The lowest BCUT2D eigenvalue weighted by Gasteiger charge is -2.31. The number of ether oxygens (including phenoxy) is 1. The van der Waals surface area contributed by atoms with Crippen molar-refractivity contribution in [1.82, 2.24) is 10.2 Å². The zero-order valence-corrected chi connectivity index (χ0v) is 22.6. The molecule has 0 aliphatic carbocycles. The first-order chi connectivity index (χ1) is 16.5. The number of carbonyl (C=O) groups is 2. The van der Waals surface area contributed by atoms with Crippen LogP contribution in [0.4, 0.5) is 5.69 Å². The summed E-state index contributed by atoms with van der Waals surface area (Å²) in [7, 11) is -2.37. The monoisotopic (exact) mass is 543 g/mol. The van der Waals surface area contributed by atoms with E-state index in [9.17, 15) is 18.0 Å². The summed E-state index contributed by atoms with van der Waals surface area (Å²) in [6.45, 7) is 3.56. The maximum atomic E-state index is 13.5. The highest BCUT2D eigenvalue weighted by Crippen LogP contribution is 2.25. The largest absolute Gasteiger partial charge is 0.497 e. The van der Waals surface area contributed by atoms with Crippen LogP contribution >= 0.6 is 23.2 Å². The van der Waals surface area contributed by atoms with Crippen LogP contribution in [0, 0.1) is 0 Å². The van der Waals surface area contributed by atoms with Gasteiger partial charge in [0, 0.05) is 29.2 Å². The van der Waals surface area contributed by atoms with Crippen LogP contribution in [0.5, 0.6) is 5.75 Å². The van der Waals surface area contributed by atoms with E-state index < -0.39 is 28.5 Å². The molecule has 11 heteroatoms. The lowest BCUT2D eigenvalue weighted by atomic mass is 10.1. The van der Waals surface area contributed by atoms with Gasteiger partial charge in [0.2, 0.25) is 21.8 Å². The molecule has 0 aromatic heterocycles. The van der Waals surface area contributed by atoms with Gasteiger partial charge in [-0.05, 0) is 43.2 Å². The number of nitrogens with one attached hydrogen (secondary N) is 1. The summed E-state index contributed by atoms with van der Waals surface area (Å²) in [5.74, 6) is -0.469. The second-order valence-electron chi connectivity index (χ2n) is 8.05. The number of hydrogen-bond acceptors (Lipinski definition) is 5. The highest BCUT2D eigenvalue weighted by atomic mass is 35.5. The number of hydrogen-bond donors (Lipinski definition) is 1. The first-order valence-corrected chi connectivity index (χ1v) is 13.7. The fourth-order valence-corrected chi connectivity index (χ4v) is 4.64. The van der Waals surface area contributed by atoms with Gasteiger partial charge in [-0.1, -0.05) is 48.7 Å². The van der Waals surface area contributed by atoms with Gasteiger partial charge in [0.15, 0.2) is 0 Å². The van der Waals surface area contributed by atoms with Crippen LogP contribution in [0.15, 0.2) is 42.5 Å². The smallest absolute Gasteiger partial charge is 0.244 e. The summed E-state index contributed by atoms with van der Waals surface area (Å²) >= 11 is 12.3. The van der Waals surface area contributed by atoms with Crippen LogP contribution in [0.25, 0.3) is 0 Å². The first-order valence-electron chi connectivity index (χ1n) is 11.1. The van der Waals surface area contributed by atoms with Gasteiger partial charge < -0.3 is 15.0 Å². The second kappa shape index (κ2) is 13.0. The van der Waals surface area contributed by atoms with Crippen LogP contribution in [0.2, 0.25) is 10.0 Å². The highest BCUT2D eigenvalue weighted by molar-refractivity contribution is 7.92. The summed E-state index contributed by atoms with van der Waals surface area (Å²) < 4.78 is 31.4. The number of carbonyl (C=O) groups excluding carboxylic acids is 2. The minimum Gasteiger partial charge on any atom is -0.497 e. The van der Waals surface area contributed by atoms with Gasteiger partial charge in [-0.25, -0.2) is 8.42 Å². The molecule has 0 aliphatic heterocycles. The molecule has 2 rings (SSSR count). The topological polar surface area (TPSA) is 96.0 Å². The number of unbranched alkanes of at least 4 members (excludes halogenated alkanes) is 1. The van der Waals surface area contributed by atoms with Crippen LogP contribution in [-0.2, 0) is 26.2 Å². The lowest BCUT2D eigenvalue weighted by molar-refractivity contribution is -0.139. The molecule has 1 unspecified atom stereocenters. The molecular formula is C24H31Cl2N3O5S. The molecule has 0 radical (unpaired) electrons. The maximum absolute atomic E-state index is 13.5. The third kappa shape index (κ3) is 8.30. The standard InChI is InChI=1S/C24H31Cl2N3O5S/c1-5-6-12-27-24(31)17(2)28(15-18-10-11-19(25)13-22(18)26)23(30)16-29(35(4,32)33)20-8-7-9-21(14-20)34-3/h7-11,13-14,17H,5-6,12,15-16H2,1-4H3,(H,27,31). The Balaban J connectivity index is 2.40. The van der Waals surface area contributed by atoms with Crippen molar-refractivity contribution in [1.29, 1.82) is 0 Å². The predicted molar refractivity (Wildman–Crippen MR) is 140 cm³/mol. The number of rotatable bonds is 12. The molecule has 35 heavy (non-hydrogen) atoms. The van der Waals surface area contributed by atoms with Gasteiger partial charge >= 0.3 is 0 Å². The SMILES string of the molecule is CCCCNC(=O)C(C)N(Cc1ccc(Cl)cc1Cl)C(=O)CN(c1cccc(OC)c1)S(C)(=O)=O. The number of halogens is 2. The Hall–Kier alpha value is -2.49. The number of benzene rings is 2. The predicted octanol–water partition coefficient (Wildman–Crippen LogP) is 4.10. The van der Waals surface area contributed by atoms with Gasteiger partial charge in [-0.2, -0.15) is 0 Å². The van der Waals surface area contributed by atoms with Gasteiger partial charge in [-0.15, -0.1) is 0 Å².